The van der Waals surface area contributed by atoms with E-state index in [0.717, 1.165) is 42.4 Å². The number of aliphatic hydroxyl groups excluding tert-OH is 1. The summed E-state index contributed by atoms with van der Waals surface area (Å²) in [6.45, 7) is 3.29. The molecule has 0 spiro atoms. The SMILES string of the molecule is CCCCCCc1ncc(-c2ccc(S(=O)(=O)Nc3ccc(CCNCC(O)c4cccnc4)cc3)cc2)o1. The van der Waals surface area contributed by atoms with Crippen LogP contribution in [-0.2, 0) is 22.9 Å². The minimum Gasteiger partial charge on any atom is -0.441 e. The average Bonchev–Trinajstić information content (AvgIpc) is 3.44. The third kappa shape index (κ3) is 8.48. The van der Waals surface area contributed by atoms with E-state index < -0.39 is 16.1 Å². The lowest BCUT2D eigenvalue weighted by Gasteiger charge is -2.12. The van der Waals surface area contributed by atoms with E-state index in [0.29, 0.717) is 30.4 Å². The number of aliphatic hydroxyl groups is 1. The number of hydrogen-bond acceptors (Lipinski definition) is 7. The Balaban J connectivity index is 1.26. The molecule has 1 unspecified atom stereocenters. The van der Waals surface area contributed by atoms with Crippen molar-refractivity contribution in [2.45, 2.75) is 56.4 Å². The van der Waals surface area contributed by atoms with Crippen LogP contribution in [0.3, 0.4) is 0 Å². The summed E-state index contributed by atoms with van der Waals surface area (Å²) in [4.78, 5) is 8.55. The molecule has 0 bridgehead atoms. The number of rotatable bonds is 15. The molecule has 0 radical (unpaired) electrons. The molecule has 0 saturated heterocycles. The Morgan fingerprint density at radius 3 is 2.46 bits per heavy atom. The van der Waals surface area contributed by atoms with Crippen LogP contribution in [-0.4, -0.2) is 36.6 Å². The largest absolute Gasteiger partial charge is 0.441 e. The molecule has 4 aromatic rings. The van der Waals surface area contributed by atoms with Gasteiger partial charge in [0.1, 0.15) is 0 Å². The van der Waals surface area contributed by atoms with Gasteiger partial charge in [-0.25, -0.2) is 13.4 Å². The maximum atomic E-state index is 12.9. The van der Waals surface area contributed by atoms with E-state index in [4.69, 9.17) is 4.42 Å². The van der Waals surface area contributed by atoms with E-state index >= 15 is 0 Å². The van der Waals surface area contributed by atoms with Crippen LogP contribution in [0.1, 0.15) is 55.7 Å². The number of aryl methyl sites for hydroxylation is 1. The maximum absolute atomic E-state index is 12.9. The summed E-state index contributed by atoms with van der Waals surface area (Å²) in [5.74, 6) is 1.34. The fourth-order valence-electron chi connectivity index (χ4n) is 4.18. The van der Waals surface area contributed by atoms with Crippen molar-refractivity contribution < 1.29 is 17.9 Å². The van der Waals surface area contributed by atoms with Crippen molar-refractivity contribution in [3.8, 4) is 11.3 Å². The highest BCUT2D eigenvalue weighted by atomic mass is 32.2. The predicted octanol–water partition coefficient (Wildman–Crippen LogP) is 5.53. The van der Waals surface area contributed by atoms with E-state index in [9.17, 15) is 13.5 Å². The number of hydrogen-bond donors (Lipinski definition) is 3. The van der Waals surface area contributed by atoms with Gasteiger partial charge in [-0.15, -0.1) is 0 Å². The van der Waals surface area contributed by atoms with Crippen molar-refractivity contribution >= 4 is 15.7 Å². The molecule has 2 aromatic heterocycles. The minimum atomic E-state index is -3.74. The van der Waals surface area contributed by atoms with Gasteiger partial charge in [-0.1, -0.05) is 44.4 Å². The number of sulfonamides is 1. The first-order chi connectivity index (χ1) is 18.9. The molecular weight excluding hydrogens is 512 g/mol. The second-order valence-corrected chi connectivity index (χ2v) is 11.2. The lowest BCUT2D eigenvalue weighted by atomic mass is 10.1. The van der Waals surface area contributed by atoms with Crippen molar-refractivity contribution in [1.82, 2.24) is 15.3 Å². The van der Waals surface area contributed by atoms with Crippen molar-refractivity contribution in [2.24, 2.45) is 0 Å². The molecule has 0 amide bonds. The molecule has 2 aromatic carbocycles. The molecule has 2 heterocycles. The Labute approximate surface area is 230 Å². The van der Waals surface area contributed by atoms with Gasteiger partial charge in [-0.2, -0.15) is 0 Å². The molecule has 1 atom stereocenters. The van der Waals surface area contributed by atoms with Crippen LogP contribution in [0.2, 0.25) is 0 Å². The van der Waals surface area contributed by atoms with Crippen LogP contribution in [0, 0.1) is 0 Å². The third-order valence-corrected chi connectivity index (χ3v) is 7.85. The van der Waals surface area contributed by atoms with Crippen molar-refractivity contribution in [2.75, 3.05) is 17.8 Å². The third-order valence-electron chi connectivity index (χ3n) is 6.45. The first-order valence-corrected chi connectivity index (χ1v) is 14.9. The Bertz CT molecular complexity index is 1390. The molecule has 0 aliphatic rings. The van der Waals surface area contributed by atoms with E-state index in [1.54, 1.807) is 61.1 Å². The molecule has 9 heteroatoms. The predicted molar refractivity (Wildman–Crippen MR) is 153 cm³/mol. The average molecular weight is 549 g/mol. The van der Waals surface area contributed by atoms with Gasteiger partial charge in [0.15, 0.2) is 11.7 Å². The van der Waals surface area contributed by atoms with Gasteiger partial charge in [0.2, 0.25) is 0 Å². The second-order valence-electron chi connectivity index (χ2n) is 9.51. The first kappa shape index (κ1) is 28.5. The fraction of sp³-hybridized carbons (Fsp3) is 0.333. The van der Waals surface area contributed by atoms with Gasteiger partial charge in [0.05, 0.1) is 17.2 Å². The molecule has 0 saturated carbocycles. The highest BCUT2D eigenvalue weighted by molar-refractivity contribution is 7.92. The lowest BCUT2D eigenvalue weighted by molar-refractivity contribution is 0.174. The monoisotopic (exact) mass is 548 g/mol. The number of aromatic nitrogens is 2. The van der Waals surface area contributed by atoms with E-state index in [2.05, 4.69) is 26.9 Å². The van der Waals surface area contributed by atoms with Crippen LogP contribution >= 0.6 is 0 Å². The number of oxazole rings is 1. The number of unbranched alkanes of at least 4 members (excludes halogenated alkanes) is 3. The van der Waals surface area contributed by atoms with Crippen LogP contribution in [0.5, 0.6) is 0 Å². The van der Waals surface area contributed by atoms with Gasteiger partial charge in [-0.3, -0.25) is 9.71 Å². The summed E-state index contributed by atoms with van der Waals surface area (Å²) in [5, 5.41) is 13.4. The van der Waals surface area contributed by atoms with Gasteiger partial charge in [-0.05, 0) is 67.4 Å². The fourth-order valence-corrected chi connectivity index (χ4v) is 5.24. The number of benzene rings is 2. The molecular formula is C30H36N4O4S. The summed E-state index contributed by atoms with van der Waals surface area (Å²) in [6.07, 6.45) is 10.6. The topological polar surface area (TPSA) is 117 Å². The van der Waals surface area contributed by atoms with Gasteiger partial charge in [0.25, 0.3) is 10.0 Å². The Morgan fingerprint density at radius 2 is 1.74 bits per heavy atom. The minimum absolute atomic E-state index is 0.172. The zero-order chi connectivity index (χ0) is 27.5. The number of nitrogens with one attached hydrogen (secondary N) is 2. The van der Waals surface area contributed by atoms with Gasteiger partial charge in [0, 0.05) is 42.2 Å². The van der Waals surface area contributed by atoms with E-state index in [-0.39, 0.29) is 4.90 Å². The summed E-state index contributed by atoms with van der Waals surface area (Å²) in [6, 6.07) is 17.5. The van der Waals surface area contributed by atoms with Crippen molar-refractivity contribution in [1.29, 1.82) is 0 Å². The molecule has 8 nitrogen and oxygen atoms in total. The summed E-state index contributed by atoms with van der Waals surface area (Å²) in [7, 11) is -3.74. The summed E-state index contributed by atoms with van der Waals surface area (Å²) < 4.78 is 34.3. The quantitative estimate of drug-likeness (QED) is 0.167. The van der Waals surface area contributed by atoms with Gasteiger partial charge < -0.3 is 14.8 Å². The maximum Gasteiger partial charge on any atom is 0.261 e. The highest BCUT2D eigenvalue weighted by Gasteiger charge is 2.15. The zero-order valence-corrected chi connectivity index (χ0v) is 23.0. The molecule has 0 aliphatic carbocycles. The normalized spacial score (nSPS) is 12.4. The van der Waals surface area contributed by atoms with Crippen LogP contribution < -0.4 is 10.0 Å². The van der Waals surface area contributed by atoms with Crippen LogP contribution in [0.4, 0.5) is 5.69 Å². The standard InChI is InChI=1S/C30H36N4O4S/c1-2-3-4-5-8-30-33-22-29(38-30)24-11-15-27(16-12-24)39(36,37)34-26-13-9-23(10-14-26)17-19-32-21-28(35)25-7-6-18-31-20-25/h6-7,9-16,18,20,22,28,32,34-35H,2-5,8,17,19,21H2,1H3. The molecule has 4 rings (SSSR count). The Morgan fingerprint density at radius 1 is 0.949 bits per heavy atom. The summed E-state index contributed by atoms with van der Waals surface area (Å²) in [5.41, 5.74) is 3.11. The van der Waals surface area contributed by atoms with Crippen LogP contribution in [0.25, 0.3) is 11.3 Å². The van der Waals surface area contributed by atoms with Gasteiger partial charge >= 0.3 is 0 Å². The van der Waals surface area contributed by atoms with Crippen LogP contribution in [0.15, 0.2) is 88.6 Å². The summed E-state index contributed by atoms with van der Waals surface area (Å²) >= 11 is 0. The second kappa shape index (κ2) is 14.0. The van der Waals surface area contributed by atoms with E-state index in [1.165, 1.54) is 12.8 Å². The van der Waals surface area contributed by atoms with E-state index in [1.807, 2.05) is 18.2 Å². The van der Waals surface area contributed by atoms with Crippen molar-refractivity contribution in [3.63, 3.8) is 0 Å². The number of pyridine rings is 1. The molecule has 3 N–H and O–H groups in total. The number of anilines is 1. The zero-order valence-electron chi connectivity index (χ0n) is 22.2. The Hall–Kier alpha value is -3.53. The Kier molecular flexibility index (Phi) is 10.2. The first-order valence-electron chi connectivity index (χ1n) is 13.4. The lowest BCUT2D eigenvalue weighted by Crippen LogP contribution is -2.23. The molecule has 0 fully saturated rings. The smallest absolute Gasteiger partial charge is 0.261 e. The molecule has 206 valence electrons. The molecule has 0 aliphatic heterocycles. The molecule has 39 heavy (non-hydrogen) atoms. The number of nitrogens with zero attached hydrogens (tertiary/aromatic N) is 2. The highest BCUT2D eigenvalue weighted by Crippen LogP contribution is 2.24. The van der Waals surface area contributed by atoms with Crippen molar-refractivity contribution in [3.05, 3.63) is 96.3 Å².